The molecule has 0 bridgehead atoms. The number of fused-ring (bicyclic) bond motifs is 1. The van der Waals surface area contributed by atoms with Gasteiger partial charge in [-0.2, -0.15) is 5.10 Å². The van der Waals surface area contributed by atoms with Crippen LogP contribution in [-0.4, -0.2) is 18.7 Å². The molecule has 0 unspecified atom stereocenters. The van der Waals surface area contributed by atoms with Crippen molar-refractivity contribution in [3.63, 3.8) is 0 Å². The molecule has 1 fully saturated rings. The van der Waals surface area contributed by atoms with Gasteiger partial charge in [0.25, 0.3) is 0 Å². The molecule has 0 amide bonds. The van der Waals surface area contributed by atoms with Crippen LogP contribution in [-0.2, 0) is 7.05 Å². The summed E-state index contributed by atoms with van der Waals surface area (Å²) in [7, 11) is 1.94. The monoisotopic (exact) mass is 340 g/mol. The van der Waals surface area contributed by atoms with Gasteiger partial charge in [0.2, 0.25) is 0 Å². The highest BCUT2D eigenvalue weighted by Gasteiger charge is 2.22. The first-order valence-corrected chi connectivity index (χ1v) is 9.25. The van der Waals surface area contributed by atoms with Crippen molar-refractivity contribution in [2.24, 2.45) is 13.0 Å². The molecule has 0 N–H and O–H groups in total. The average molecular weight is 340 g/mol. The summed E-state index contributed by atoms with van der Waals surface area (Å²) in [4.78, 5) is 4.71. The fourth-order valence-electron chi connectivity index (χ4n) is 4.03. The van der Waals surface area contributed by atoms with Gasteiger partial charge in [-0.15, -0.1) is 0 Å². The number of rotatable bonds is 3. The van der Waals surface area contributed by atoms with Crippen LogP contribution in [0, 0.1) is 5.92 Å². The van der Waals surface area contributed by atoms with Crippen LogP contribution in [0.3, 0.4) is 0 Å². The summed E-state index contributed by atoms with van der Waals surface area (Å²) in [5.41, 5.74) is 4.57. The van der Waals surface area contributed by atoms with E-state index < -0.39 is 0 Å². The quantitative estimate of drug-likeness (QED) is 0.694. The van der Waals surface area contributed by atoms with E-state index in [1.165, 1.54) is 43.1 Å². The molecule has 3 aromatic rings. The molecule has 3 aromatic heterocycles. The van der Waals surface area contributed by atoms with Crippen molar-refractivity contribution in [3.05, 3.63) is 36.4 Å². The van der Waals surface area contributed by atoms with Crippen molar-refractivity contribution in [1.29, 1.82) is 0 Å². The largest absolute Gasteiger partial charge is 0.277 e. The van der Waals surface area contributed by atoms with E-state index in [0.29, 0.717) is 5.92 Å². The third-order valence-electron chi connectivity index (χ3n) is 5.56. The molecular formula is C19H24N4S. The summed E-state index contributed by atoms with van der Waals surface area (Å²) in [5, 5.41) is 5.48. The average Bonchev–Trinajstić information content (AvgIpc) is 3.18. The van der Waals surface area contributed by atoms with Crippen LogP contribution >= 0.6 is 12.8 Å². The van der Waals surface area contributed by atoms with Crippen LogP contribution in [0.5, 0.6) is 0 Å². The van der Waals surface area contributed by atoms with Gasteiger partial charge >= 0.3 is 0 Å². The second kappa shape index (κ2) is 6.28. The zero-order valence-electron chi connectivity index (χ0n) is 14.3. The highest BCUT2D eigenvalue weighted by atomic mass is 32.1. The zero-order valence-corrected chi connectivity index (χ0v) is 15.2. The summed E-state index contributed by atoms with van der Waals surface area (Å²) in [6.45, 7) is 2.31. The SMILES string of the molecule is CCC1CCC(c2cnc3c(c2)c(-c2cnn(C)c2)cn3S)CC1. The Bertz CT molecular complexity index is 856. The number of pyridine rings is 1. The van der Waals surface area contributed by atoms with Gasteiger partial charge in [0.1, 0.15) is 5.65 Å². The van der Waals surface area contributed by atoms with Crippen molar-refractivity contribution < 1.29 is 0 Å². The van der Waals surface area contributed by atoms with E-state index in [-0.39, 0.29) is 0 Å². The predicted octanol–water partition coefficient (Wildman–Crippen LogP) is 4.81. The van der Waals surface area contributed by atoms with Gasteiger partial charge in [0.15, 0.2) is 0 Å². The molecule has 5 heteroatoms. The standard InChI is InChI=1S/C19H24N4S/c1-3-13-4-6-14(7-5-13)15-8-17-18(16-10-21-22(2)11-16)12-23(24)19(17)20-9-15/h8-14,24H,3-7H2,1-2H3. The molecule has 1 aliphatic carbocycles. The van der Waals surface area contributed by atoms with Gasteiger partial charge in [-0.1, -0.05) is 26.2 Å². The topological polar surface area (TPSA) is 35.6 Å². The molecule has 4 nitrogen and oxygen atoms in total. The number of aryl methyl sites for hydroxylation is 1. The second-order valence-electron chi connectivity index (χ2n) is 7.06. The number of nitrogens with zero attached hydrogens (tertiary/aromatic N) is 4. The molecule has 0 aliphatic heterocycles. The number of aromatic nitrogens is 4. The van der Waals surface area contributed by atoms with Crippen molar-refractivity contribution in [1.82, 2.24) is 18.7 Å². The van der Waals surface area contributed by atoms with Gasteiger partial charge in [-0.05, 0) is 49.1 Å². The fraction of sp³-hybridized carbons (Fsp3) is 0.474. The summed E-state index contributed by atoms with van der Waals surface area (Å²) >= 11 is 4.54. The Morgan fingerprint density at radius 2 is 1.96 bits per heavy atom. The first kappa shape index (κ1) is 15.8. The molecular weight excluding hydrogens is 316 g/mol. The van der Waals surface area contributed by atoms with Crippen molar-refractivity contribution in [2.45, 2.75) is 44.9 Å². The van der Waals surface area contributed by atoms with Crippen LogP contribution in [0.25, 0.3) is 22.2 Å². The Morgan fingerprint density at radius 3 is 2.62 bits per heavy atom. The van der Waals surface area contributed by atoms with Crippen molar-refractivity contribution in [2.75, 3.05) is 0 Å². The molecule has 1 saturated carbocycles. The van der Waals surface area contributed by atoms with Crippen LogP contribution < -0.4 is 0 Å². The number of thiol groups is 1. The highest BCUT2D eigenvalue weighted by molar-refractivity contribution is 7.78. The van der Waals surface area contributed by atoms with Crippen molar-refractivity contribution >= 4 is 23.8 Å². The Kier molecular flexibility index (Phi) is 4.12. The van der Waals surface area contributed by atoms with Crippen LogP contribution in [0.1, 0.15) is 50.5 Å². The minimum atomic E-state index is 0.648. The van der Waals surface area contributed by atoms with Gasteiger partial charge in [0.05, 0.1) is 6.20 Å². The molecule has 0 radical (unpaired) electrons. The van der Waals surface area contributed by atoms with Gasteiger partial charge in [-0.25, -0.2) is 4.98 Å². The summed E-state index contributed by atoms with van der Waals surface area (Å²) in [5.74, 6) is 1.57. The smallest absolute Gasteiger partial charge is 0.150 e. The van der Waals surface area contributed by atoms with E-state index in [1.54, 1.807) is 0 Å². The van der Waals surface area contributed by atoms with Gasteiger partial charge in [0, 0.05) is 42.2 Å². The fourth-order valence-corrected chi connectivity index (χ4v) is 4.30. The molecule has 3 heterocycles. The summed E-state index contributed by atoms with van der Waals surface area (Å²) in [6.07, 6.45) is 14.6. The molecule has 1 aliphatic rings. The third kappa shape index (κ3) is 2.75. The maximum Gasteiger partial charge on any atom is 0.150 e. The van der Waals surface area contributed by atoms with Crippen LogP contribution in [0.4, 0.5) is 0 Å². The lowest BCUT2D eigenvalue weighted by Crippen LogP contribution is -2.12. The van der Waals surface area contributed by atoms with E-state index in [2.05, 4.69) is 37.1 Å². The first-order valence-electron chi connectivity index (χ1n) is 8.85. The molecule has 0 spiro atoms. The van der Waals surface area contributed by atoms with Crippen LogP contribution in [0.15, 0.2) is 30.9 Å². The summed E-state index contributed by atoms with van der Waals surface area (Å²) in [6, 6.07) is 2.33. The maximum atomic E-state index is 4.71. The lowest BCUT2D eigenvalue weighted by Gasteiger charge is -2.27. The molecule has 4 rings (SSSR count). The molecule has 126 valence electrons. The molecule has 0 saturated heterocycles. The lowest BCUT2D eigenvalue weighted by atomic mass is 9.78. The second-order valence-corrected chi connectivity index (χ2v) is 7.49. The summed E-state index contributed by atoms with van der Waals surface area (Å²) < 4.78 is 3.65. The molecule has 24 heavy (non-hydrogen) atoms. The zero-order chi connectivity index (χ0) is 16.7. The Morgan fingerprint density at radius 1 is 1.17 bits per heavy atom. The lowest BCUT2D eigenvalue weighted by molar-refractivity contribution is 0.318. The Labute approximate surface area is 148 Å². The van der Waals surface area contributed by atoms with E-state index in [4.69, 9.17) is 4.98 Å². The van der Waals surface area contributed by atoms with E-state index >= 15 is 0 Å². The number of hydrogen-bond donors (Lipinski definition) is 1. The molecule has 0 aromatic carbocycles. The van der Waals surface area contributed by atoms with Crippen molar-refractivity contribution in [3.8, 4) is 11.1 Å². The van der Waals surface area contributed by atoms with E-state index in [1.807, 2.05) is 34.3 Å². The Hall–Kier alpha value is -1.75. The minimum absolute atomic E-state index is 0.648. The van der Waals surface area contributed by atoms with Gasteiger partial charge in [-0.3, -0.25) is 8.65 Å². The Balaban J connectivity index is 1.72. The maximum absolute atomic E-state index is 4.71. The first-order chi connectivity index (χ1) is 11.7. The van der Waals surface area contributed by atoms with E-state index in [0.717, 1.165) is 22.7 Å². The van der Waals surface area contributed by atoms with Crippen LogP contribution in [0.2, 0.25) is 0 Å². The number of hydrogen-bond acceptors (Lipinski definition) is 3. The van der Waals surface area contributed by atoms with E-state index in [9.17, 15) is 0 Å². The minimum Gasteiger partial charge on any atom is -0.277 e. The highest BCUT2D eigenvalue weighted by Crippen LogP contribution is 2.39. The third-order valence-corrected chi connectivity index (χ3v) is 5.86. The molecule has 0 atom stereocenters. The van der Waals surface area contributed by atoms with Gasteiger partial charge < -0.3 is 0 Å². The normalized spacial score (nSPS) is 21.5. The predicted molar refractivity (Wildman–Crippen MR) is 101 cm³/mol.